The molecule has 0 bridgehead atoms. The van der Waals surface area contributed by atoms with Crippen molar-refractivity contribution >= 4 is 17.2 Å². The van der Waals surface area contributed by atoms with Gasteiger partial charge in [0.1, 0.15) is 5.01 Å². The maximum absolute atomic E-state index is 12.4. The molecular weight excluding hydrogens is 298 g/mol. The number of nitrogens with one attached hydrogen (secondary N) is 1. The first-order chi connectivity index (χ1) is 10.2. The summed E-state index contributed by atoms with van der Waals surface area (Å²) in [6.07, 6.45) is 0.204. The summed E-state index contributed by atoms with van der Waals surface area (Å²) in [4.78, 5) is 20.2. The number of hydrogen-bond acceptors (Lipinski definition) is 5. The van der Waals surface area contributed by atoms with Crippen LogP contribution in [0, 0.1) is 13.8 Å². The van der Waals surface area contributed by atoms with Crippen LogP contribution in [-0.2, 0) is 15.1 Å². The predicted octanol–water partition coefficient (Wildman–Crippen LogP) is 2.22. The van der Waals surface area contributed by atoms with E-state index in [-0.39, 0.29) is 23.7 Å². The van der Waals surface area contributed by atoms with Gasteiger partial charge in [-0.1, -0.05) is 0 Å². The van der Waals surface area contributed by atoms with Crippen molar-refractivity contribution in [1.29, 1.82) is 0 Å². The molecule has 1 saturated heterocycles. The standard InChI is InChI=1S/C16H27N3O2S/c1-10-8-19(9-11(2)21-10)14(20)7-17-16(5,6)15-18-12(3)13(4)22-15/h10-11,17H,7-9H2,1-6H3/t10-,11+. The Kier molecular flexibility index (Phi) is 5.25. The van der Waals surface area contributed by atoms with Crippen LogP contribution >= 0.6 is 11.3 Å². The molecule has 0 spiro atoms. The first-order valence-electron chi connectivity index (χ1n) is 7.82. The van der Waals surface area contributed by atoms with Gasteiger partial charge in [-0.3, -0.25) is 10.1 Å². The van der Waals surface area contributed by atoms with Crippen LogP contribution in [0.2, 0.25) is 0 Å². The normalized spacial score (nSPS) is 22.9. The first-order valence-corrected chi connectivity index (χ1v) is 8.63. The summed E-state index contributed by atoms with van der Waals surface area (Å²) in [5.41, 5.74) is 0.764. The van der Waals surface area contributed by atoms with Crippen LogP contribution in [0.5, 0.6) is 0 Å². The van der Waals surface area contributed by atoms with Gasteiger partial charge in [-0.15, -0.1) is 11.3 Å². The molecule has 0 saturated carbocycles. The van der Waals surface area contributed by atoms with Crippen LogP contribution in [0.15, 0.2) is 0 Å². The van der Waals surface area contributed by atoms with Crippen LogP contribution in [0.25, 0.3) is 0 Å². The van der Waals surface area contributed by atoms with E-state index in [0.29, 0.717) is 19.6 Å². The van der Waals surface area contributed by atoms with Crippen LogP contribution < -0.4 is 5.32 Å². The molecule has 5 nitrogen and oxygen atoms in total. The van der Waals surface area contributed by atoms with Crippen LogP contribution in [-0.4, -0.2) is 47.6 Å². The third-order valence-electron chi connectivity index (χ3n) is 4.02. The average Bonchev–Trinajstić information content (AvgIpc) is 2.76. The Labute approximate surface area is 137 Å². The van der Waals surface area contributed by atoms with E-state index in [1.807, 2.05) is 25.7 Å². The van der Waals surface area contributed by atoms with Gasteiger partial charge in [0.2, 0.25) is 5.91 Å². The molecule has 1 fully saturated rings. The van der Waals surface area contributed by atoms with Gasteiger partial charge in [-0.25, -0.2) is 4.98 Å². The molecule has 1 aromatic rings. The largest absolute Gasteiger partial charge is 0.372 e. The molecule has 22 heavy (non-hydrogen) atoms. The summed E-state index contributed by atoms with van der Waals surface area (Å²) in [5, 5.41) is 4.39. The summed E-state index contributed by atoms with van der Waals surface area (Å²) in [7, 11) is 0. The predicted molar refractivity (Wildman–Crippen MR) is 89.2 cm³/mol. The first kappa shape index (κ1) is 17.4. The number of aromatic nitrogens is 1. The summed E-state index contributed by atoms with van der Waals surface area (Å²) in [6.45, 7) is 13.9. The van der Waals surface area contributed by atoms with Gasteiger partial charge in [0.25, 0.3) is 0 Å². The number of carbonyl (C=O) groups is 1. The number of rotatable bonds is 4. The smallest absolute Gasteiger partial charge is 0.236 e. The molecule has 0 aromatic carbocycles. The van der Waals surface area contributed by atoms with Crippen LogP contribution in [0.4, 0.5) is 0 Å². The average molecular weight is 325 g/mol. The number of thiazole rings is 1. The number of amides is 1. The lowest BCUT2D eigenvalue weighted by molar-refractivity contribution is -0.142. The number of aryl methyl sites for hydroxylation is 2. The molecule has 1 amide bonds. The van der Waals surface area contributed by atoms with E-state index < -0.39 is 0 Å². The highest BCUT2D eigenvalue weighted by molar-refractivity contribution is 7.11. The number of ether oxygens (including phenoxy) is 1. The van der Waals surface area contributed by atoms with Gasteiger partial charge in [-0.05, 0) is 41.5 Å². The quantitative estimate of drug-likeness (QED) is 0.922. The molecule has 6 heteroatoms. The van der Waals surface area contributed by atoms with Gasteiger partial charge in [0.05, 0.1) is 30.0 Å². The van der Waals surface area contributed by atoms with Gasteiger partial charge in [-0.2, -0.15) is 0 Å². The Morgan fingerprint density at radius 1 is 1.36 bits per heavy atom. The lowest BCUT2D eigenvalue weighted by atomic mass is 10.1. The zero-order chi connectivity index (χ0) is 16.5. The number of carbonyl (C=O) groups excluding carboxylic acids is 1. The second-order valence-electron chi connectivity index (χ2n) is 6.70. The minimum absolute atomic E-state index is 0.102. The van der Waals surface area contributed by atoms with Crippen molar-refractivity contribution in [2.45, 2.75) is 59.3 Å². The second kappa shape index (κ2) is 6.64. The molecule has 1 aliphatic heterocycles. The van der Waals surface area contributed by atoms with E-state index in [4.69, 9.17) is 4.74 Å². The summed E-state index contributed by atoms with van der Waals surface area (Å²) < 4.78 is 5.67. The maximum Gasteiger partial charge on any atom is 0.236 e. The number of nitrogens with zero attached hydrogens (tertiary/aromatic N) is 2. The van der Waals surface area contributed by atoms with Gasteiger partial charge in [0.15, 0.2) is 0 Å². The van der Waals surface area contributed by atoms with E-state index in [0.717, 1.165) is 10.7 Å². The molecule has 2 rings (SSSR count). The van der Waals surface area contributed by atoms with Crippen molar-refractivity contribution in [2.24, 2.45) is 0 Å². The highest BCUT2D eigenvalue weighted by Gasteiger charge is 2.29. The monoisotopic (exact) mass is 325 g/mol. The van der Waals surface area contributed by atoms with Crippen molar-refractivity contribution in [3.8, 4) is 0 Å². The van der Waals surface area contributed by atoms with Crippen molar-refractivity contribution in [2.75, 3.05) is 19.6 Å². The highest BCUT2D eigenvalue weighted by Crippen LogP contribution is 2.27. The topological polar surface area (TPSA) is 54.5 Å². The lowest BCUT2D eigenvalue weighted by Crippen LogP contribution is -2.52. The Bertz CT molecular complexity index is 512. The van der Waals surface area contributed by atoms with Crippen LogP contribution in [0.3, 0.4) is 0 Å². The van der Waals surface area contributed by atoms with E-state index >= 15 is 0 Å². The fourth-order valence-corrected chi connectivity index (χ4v) is 3.60. The Morgan fingerprint density at radius 3 is 2.45 bits per heavy atom. The number of hydrogen-bond donors (Lipinski definition) is 1. The van der Waals surface area contributed by atoms with Crippen molar-refractivity contribution in [1.82, 2.24) is 15.2 Å². The van der Waals surface area contributed by atoms with Crippen molar-refractivity contribution in [3.05, 3.63) is 15.6 Å². The molecule has 0 unspecified atom stereocenters. The third kappa shape index (κ3) is 4.06. The minimum Gasteiger partial charge on any atom is -0.372 e. The van der Waals surface area contributed by atoms with Crippen LogP contribution in [0.1, 0.15) is 43.3 Å². The highest BCUT2D eigenvalue weighted by atomic mass is 32.1. The third-order valence-corrected chi connectivity index (χ3v) is 5.41. The van der Waals surface area contributed by atoms with E-state index in [1.54, 1.807) is 11.3 Å². The van der Waals surface area contributed by atoms with Crippen molar-refractivity contribution in [3.63, 3.8) is 0 Å². The maximum atomic E-state index is 12.4. The number of morpholine rings is 1. The Balaban J connectivity index is 1.95. The molecule has 2 heterocycles. The van der Waals surface area contributed by atoms with Crippen molar-refractivity contribution < 1.29 is 9.53 Å². The van der Waals surface area contributed by atoms with Gasteiger partial charge in [0, 0.05) is 18.0 Å². The molecular formula is C16H27N3O2S. The summed E-state index contributed by atoms with van der Waals surface area (Å²) in [6, 6.07) is 0. The van der Waals surface area contributed by atoms with E-state index in [2.05, 4.69) is 31.1 Å². The van der Waals surface area contributed by atoms with Gasteiger partial charge < -0.3 is 9.64 Å². The summed E-state index contributed by atoms with van der Waals surface area (Å²) >= 11 is 1.69. The fourth-order valence-electron chi connectivity index (χ4n) is 2.61. The molecule has 2 atom stereocenters. The molecule has 0 radical (unpaired) electrons. The fraction of sp³-hybridized carbons (Fsp3) is 0.750. The molecule has 0 aliphatic carbocycles. The lowest BCUT2D eigenvalue weighted by Gasteiger charge is -2.36. The zero-order valence-electron chi connectivity index (χ0n) is 14.4. The second-order valence-corrected chi connectivity index (χ2v) is 7.90. The minimum atomic E-state index is -0.303. The van der Waals surface area contributed by atoms with E-state index in [9.17, 15) is 4.79 Å². The molecule has 1 N–H and O–H groups in total. The Morgan fingerprint density at radius 2 is 1.95 bits per heavy atom. The van der Waals surface area contributed by atoms with Gasteiger partial charge >= 0.3 is 0 Å². The Hall–Kier alpha value is -0.980. The SMILES string of the molecule is Cc1nc(C(C)(C)NCC(=O)N2C[C@@H](C)O[C@@H](C)C2)sc1C. The summed E-state index contributed by atoms with van der Waals surface area (Å²) in [5.74, 6) is 0.125. The molecule has 1 aromatic heterocycles. The van der Waals surface area contributed by atoms with E-state index in [1.165, 1.54) is 4.88 Å². The molecule has 1 aliphatic rings. The zero-order valence-corrected chi connectivity index (χ0v) is 15.2. The molecule has 124 valence electrons.